The number of rotatable bonds is 9. The van der Waals surface area contributed by atoms with Crippen molar-refractivity contribution in [2.45, 2.75) is 31.4 Å². The number of fused-ring (bicyclic) bond motifs is 1. The van der Waals surface area contributed by atoms with E-state index in [1.807, 2.05) is 0 Å². The molecule has 18 heteroatoms. The molecule has 5 N–H and O–H groups in total. The zero-order valence-corrected chi connectivity index (χ0v) is 22.4. The van der Waals surface area contributed by atoms with Gasteiger partial charge in [-0.2, -0.15) is 13.9 Å². The number of ether oxygens (including phenoxy) is 1. The zero-order valence-electron chi connectivity index (χ0n) is 19.9. The maximum absolute atomic E-state index is 14.3. The van der Waals surface area contributed by atoms with Crippen LogP contribution in [0.25, 0.3) is 11.0 Å². The van der Waals surface area contributed by atoms with Crippen molar-refractivity contribution < 1.29 is 51.3 Å². The summed E-state index contributed by atoms with van der Waals surface area (Å²) >= 11 is 6.18. The van der Waals surface area contributed by atoms with Crippen LogP contribution in [0.15, 0.2) is 48.2 Å². The molecule has 0 amide bonds. The second-order valence-electron chi connectivity index (χ2n) is 8.62. The van der Waals surface area contributed by atoms with Crippen LogP contribution in [-0.2, 0) is 18.4 Å². The fourth-order valence-corrected chi connectivity index (χ4v) is 6.85. The Balaban J connectivity index is 1.63. The predicted octanol–water partition coefficient (Wildman–Crippen LogP) is 4.14. The van der Waals surface area contributed by atoms with E-state index in [1.165, 1.54) is 18.3 Å². The minimum absolute atomic E-state index is 0.00398. The van der Waals surface area contributed by atoms with Gasteiger partial charge in [-0.3, -0.25) is 9.13 Å². The molecule has 3 aromatic rings. The van der Waals surface area contributed by atoms with E-state index in [9.17, 15) is 32.3 Å². The number of halogens is 4. The van der Waals surface area contributed by atoms with Gasteiger partial charge in [-0.25, -0.2) is 14.1 Å². The number of hydrogen-bond donors (Lipinski definition) is 5. The average Bonchev–Trinajstić information content (AvgIpc) is 3.37. The standard InChI is InChI=1S/C21H22ClF3N4O8P2/c1-10(11-4-2-3-5-13(11)23)27-14-6-16(22)28-20-12(14)7-26-29(20)21-18(30)17(19(24)25)15(37-21)8-36-39(34,35)9-38(31,32)33/h2-7,10,15,18,21,30H,8-9H2,1H3,(H,27,28)(H,34,35)(H2,31,32,33)/t10-,15+,18+,21+/m0/s1. The van der Waals surface area contributed by atoms with Crippen LogP contribution in [0.1, 0.15) is 24.8 Å². The molecule has 0 spiro atoms. The summed E-state index contributed by atoms with van der Waals surface area (Å²) < 4.78 is 75.8. The molecule has 1 saturated heterocycles. The molecule has 1 unspecified atom stereocenters. The molecule has 1 fully saturated rings. The van der Waals surface area contributed by atoms with Gasteiger partial charge >= 0.3 is 15.2 Å². The third kappa shape index (κ3) is 6.71. The summed E-state index contributed by atoms with van der Waals surface area (Å²) in [5.74, 6) is -1.98. The van der Waals surface area contributed by atoms with Gasteiger partial charge in [0, 0.05) is 5.56 Å². The monoisotopic (exact) mass is 612 g/mol. The van der Waals surface area contributed by atoms with Crippen LogP contribution in [0.3, 0.4) is 0 Å². The normalized spacial score (nSPS) is 22.2. The Morgan fingerprint density at radius 3 is 2.62 bits per heavy atom. The number of pyridine rings is 1. The Labute approximate surface area is 223 Å². The Bertz CT molecular complexity index is 1520. The lowest BCUT2D eigenvalue weighted by Gasteiger charge is -2.18. The largest absolute Gasteiger partial charge is 0.384 e. The SMILES string of the molecule is C[C@H](Nc1cc(Cl)nc2c1cnn2[C@@H]1O[C@H](COP(=O)(O)CP(=O)(O)O)C(=C(F)F)[C@H]1O)c1ccccc1F. The molecule has 1 aromatic carbocycles. The maximum Gasteiger partial charge on any atom is 0.340 e. The van der Waals surface area contributed by atoms with E-state index < -0.39 is 69.7 Å². The fourth-order valence-electron chi connectivity index (χ4n) is 4.10. The van der Waals surface area contributed by atoms with Crippen molar-refractivity contribution >= 4 is 43.5 Å². The van der Waals surface area contributed by atoms with E-state index in [1.54, 1.807) is 25.1 Å². The summed E-state index contributed by atoms with van der Waals surface area (Å²) in [5, 5.41) is 18.1. The number of anilines is 1. The number of hydrogen-bond acceptors (Lipinski definition) is 8. The molecule has 1 aliphatic rings. The minimum atomic E-state index is -4.97. The smallest absolute Gasteiger partial charge is 0.340 e. The van der Waals surface area contributed by atoms with E-state index in [0.717, 1.165) is 4.68 Å². The summed E-state index contributed by atoms with van der Waals surface area (Å²) in [6, 6.07) is 7.01. The van der Waals surface area contributed by atoms with E-state index in [0.29, 0.717) is 16.6 Å². The third-order valence-electron chi connectivity index (χ3n) is 5.77. The lowest BCUT2D eigenvalue weighted by atomic mass is 10.1. The number of nitrogens with zero attached hydrogens (tertiary/aromatic N) is 3. The summed E-state index contributed by atoms with van der Waals surface area (Å²) in [6.07, 6.45) is -6.46. The summed E-state index contributed by atoms with van der Waals surface area (Å²) in [6.45, 7) is 0.666. The van der Waals surface area contributed by atoms with Crippen molar-refractivity contribution in [1.29, 1.82) is 0 Å². The first-order valence-corrected chi connectivity index (χ1v) is 15.0. The van der Waals surface area contributed by atoms with Gasteiger partial charge in [0.1, 0.15) is 23.2 Å². The van der Waals surface area contributed by atoms with Crippen molar-refractivity contribution in [3.63, 3.8) is 0 Å². The molecule has 3 heterocycles. The van der Waals surface area contributed by atoms with Gasteiger partial charge in [0.25, 0.3) is 6.08 Å². The van der Waals surface area contributed by atoms with Gasteiger partial charge in [0.15, 0.2) is 17.8 Å². The molecule has 0 bridgehead atoms. The van der Waals surface area contributed by atoms with Crippen LogP contribution < -0.4 is 5.32 Å². The van der Waals surface area contributed by atoms with Crippen LogP contribution in [0.5, 0.6) is 0 Å². The second kappa shape index (κ2) is 11.3. The zero-order chi connectivity index (χ0) is 28.7. The van der Waals surface area contributed by atoms with Crippen molar-refractivity contribution in [3.05, 3.63) is 64.7 Å². The highest BCUT2D eigenvalue weighted by molar-refractivity contribution is 7.70. The van der Waals surface area contributed by atoms with E-state index >= 15 is 0 Å². The highest BCUT2D eigenvalue weighted by Crippen LogP contribution is 2.55. The lowest BCUT2D eigenvalue weighted by Crippen LogP contribution is -2.22. The minimum Gasteiger partial charge on any atom is -0.384 e. The van der Waals surface area contributed by atoms with Gasteiger partial charge in [-0.05, 0) is 19.1 Å². The van der Waals surface area contributed by atoms with Crippen LogP contribution in [-0.4, -0.2) is 59.3 Å². The molecular weight excluding hydrogens is 591 g/mol. The van der Waals surface area contributed by atoms with E-state index in [-0.39, 0.29) is 10.8 Å². The predicted molar refractivity (Wildman–Crippen MR) is 133 cm³/mol. The molecule has 2 aromatic heterocycles. The first kappa shape index (κ1) is 29.7. The Morgan fingerprint density at radius 1 is 1.28 bits per heavy atom. The van der Waals surface area contributed by atoms with Crippen LogP contribution in [0, 0.1) is 5.82 Å². The van der Waals surface area contributed by atoms with E-state index in [2.05, 4.69) is 19.9 Å². The molecule has 0 aliphatic carbocycles. The summed E-state index contributed by atoms with van der Waals surface area (Å²) in [5.41, 5.74) is -0.250. The summed E-state index contributed by atoms with van der Waals surface area (Å²) in [4.78, 5) is 31.7. The van der Waals surface area contributed by atoms with Crippen molar-refractivity contribution in [3.8, 4) is 0 Å². The van der Waals surface area contributed by atoms with Crippen molar-refractivity contribution in [2.24, 2.45) is 0 Å². The molecule has 12 nitrogen and oxygen atoms in total. The van der Waals surface area contributed by atoms with Crippen LogP contribution >= 0.6 is 26.8 Å². The van der Waals surface area contributed by atoms with Gasteiger partial charge in [0.2, 0.25) is 0 Å². The highest BCUT2D eigenvalue weighted by Gasteiger charge is 2.45. The molecule has 0 saturated carbocycles. The maximum atomic E-state index is 14.3. The Morgan fingerprint density at radius 2 is 1.97 bits per heavy atom. The molecule has 212 valence electrons. The molecular formula is C21H22ClF3N4O8P2. The van der Waals surface area contributed by atoms with Gasteiger partial charge in [0.05, 0.1) is 35.5 Å². The molecule has 5 atom stereocenters. The van der Waals surface area contributed by atoms with Crippen molar-refractivity contribution in [1.82, 2.24) is 14.8 Å². The average molecular weight is 613 g/mol. The van der Waals surface area contributed by atoms with Gasteiger partial charge < -0.3 is 34.4 Å². The topological polar surface area (TPSA) is 176 Å². The fraction of sp³-hybridized carbons (Fsp3) is 0.333. The molecule has 0 radical (unpaired) electrons. The quantitative estimate of drug-likeness (QED) is 0.173. The first-order chi connectivity index (χ1) is 18.2. The van der Waals surface area contributed by atoms with Crippen LogP contribution in [0.4, 0.5) is 18.9 Å². The van der Waals surface area contributed by atoms with Gasteiger partial charge in [-0.15, -0.1) is 0 Å². The highest BCUT2D eigenvalue weighted by atomic mass is 35.5. The van der Waals surface area contributed by atoms with Crippen molar-refractivity contribution in [2.75, 3.05) is 17.8 Å². The van der Waals surface area contributed by atoms with Crippen LogP contribution in [0.2, 0.25) is 5.15 Å². The second-order valence-corrected chi connectivity index (χ2v) is 13.0. The van der Waals surface area contributed by atoms with Gasteiger partial charge in [-0.1, -0.05) is 29.8 Å². The molecule has 4 rings (SSSR count). The number of aliphatic hydroxyl groups excluding tert-OH is 1. The number of benzene rings is 1. The lowest BCUT2D eigenvalue weighted by molar-refractivity contribution is -0.0526. The Hall–Kier alpha value is -2.32. The molecule has 39 heavy (non-hydrogen) atoms. The number of aromatic nitrogens is 3. The number of aliphatic hydroxyl groups is 1. The first-order valence-electron chi connectivity index (χ1n) is 11.1. The van der Waals surface area contributed by atoms with E-state index in [4.69, 9.17) is 26.1 Å². The number of nitrogens with one attached hydrogen (secondary N) is 1. The summed E-state index contributed by atoms with van der Waals surface area (Å²) in [7, 11) is -9.86. The third-order valence-corrected chi connectivity index (χ3v) is 9.42. The Kier molecular flexibility index (Phi) is 8.58. The molecule has 1 aliphatic heterocycles.